The number of likely N-dealkylation sites (tertiary alicyclic amines) is 1. The highest BCUT2D eigenvalue weighted by atomic mass is 16.5. The highest BCUT2D eigenvalue weighted by Gasteiger charge is 2.26. The first-order valence-electron chi connectivity index (χ1n) is 8.24. The van der Waals surface area contributed by atoms with Crippen LogP contribution in [0.1, 0.15) is 24.8 Å². The van der Waals surface area contributed by atoms with E-state index in [2.05, 4.69) is 19.8 Å². The van der Waals surface area contributed by atoms with Crippen molar-refractivity contribution in [1.82, 2.24) is 19.8 Å². The van der Waals surface area contributed by atoms with E-state index in [4.69, 9.17) is 9.47 Å². The Balaban J connectivity index is 1.64. The van der Waals surface area contributed by atoms with E-state index in [-0.39, 0.29) is 0 Å². The van der Waals surface area contributed by atoms with E-state index in [9.17, 15) is 0 Å². The SMILES string of the molecule is COc1ncncc1CN1CCCCC1CN1CCOCC1. The van der Waals surface area contributed by atoms with Crippen LogP contribution >= 0.6 is 0 Å². The molecular weight excluding hydrogens is 280 g/mol. The molecule has 0 radical (unpaired) electrons. The minimum atomic E-state index is 0.608. The van der Waals surface area contributed by atoms with E-state index in [0.29, 0.717) is 11.9 Å². The minimum absolute atomic E-state index is 0.608. The second-order valence-corrected chi connectivity index (χ2v) is 6.09. The van der Waals surface area contributed by atoms with Crippen molar-refractivity contribution < 1.29 is 9.47 Å². The summed E-state index contributed by atoms with van der Waals surface area (Å²) in [6.45, 7) is 7.01. The molecule has 0 aromatic carbocycles. The number of aromatic nitrogens is 2. The van der Waals surface area contributed by atoms with Crippen molar-refractivity contribution in [3.8, 4) is 5.88 Å². The lowest BCUT2D eigenvalue weighted by molar-refractivity contribution is 0.0151. The maximum absolute atomic E-state index is 5.45. The van der Waals surface area contributed by atoms with Crippen molar-refractivity contribution in [2.45, 2.75) is 31.8 Å². The van der Waals surface area contributed by atoms with Gasteiger partial charge in [-0.3, -0.25) is 9.80 Å². The lowest BCUT2D eigenvalue weighted by atomic mass is 10.0. The zero-order valence-corrected chi connectivity index (χ0v) is 13.4. The van der Waals surface area contributed by atoms with Gasteiger partial charge in [0, 0.05) is 44.0 Å². The summed E-state index contributed by atoms with van der Waals surface area (Å²) in [6.07, 6.45) is 7.30. The van der Waals surface area contributed by atoms with Gasteiger partial charge >= 0.3 is 0 Å². The molecule has 6 heteroatoms. The van der Waals surface area contributed by atoms with Crippen molar-refractivity contribution in [3.63, 3.8) is 0 Å². The molecule has 0 spiro atoms. The minimum Gasteiger partial charge on any atom is -0.481 e. The van der Waals surface area contributed by atoms with Crippen LogP contribution in [0.25, 0.3) is 0 Å². The predicted molar refractivity (Wildman–Crippen MR) is 83.9 cm³/mol. The van der Waals surface area contributed by atoms with Crippen LogP contribution in [0.5, 0.6) is 5.88 Å². The summed E-state index contributed by atoms with van der Waals surface area (Å²) in [5, 5.41) is 0. The molecule has 0 saturated carbocycles. The standard InChI is InChI=1S/C16H26N4O2/c1-21-16-14(10-17-13-18-16)11-20-5-3-2-4-15(20)12-19-6-8-22-9-7-19/h10,13,15H,2-9,11-12H2,1H3. The number of nitrogens with zero attached hydrogens (tertiary/aromatic N) is 4. The number of piperidine rings is 1. The molecule has 1 unspecified atom stereocenters. The lowest BCUT2D eigenvalue weighted by Gasteiger charge is -2.39. The highest BCUT2D eigenvalue weighted by Crippen LogP contribution is 2.23. The van der Waals surface area contributed by atoms with Crippen molar-refractivity contribution in [2.24, 2.45) is 0 Å². The van der Waals surface area contributed by atoms with Crippen LogP contribution in [0.2, 0.25) is 0 Å². The Hall–Kier alpha value is -1.24. The smallest absolute Gasteiger partial charge is 0.220 e. The molecule has 2 aliphatic heterocycles. The van der Waals surface area contributed by atoms with Gasteiger partial charge in [-0.2, -0.15) is 0 Å². The molecular formula is C16H26N4O2. The van der Waals surface area contributed by atoms with Gasteiger partial charge in [0.15, 0.2) is 0 Å². The van der Waals surface area contributed by atoms with Crippen molar-refractivity contribution in [3.05, 3.63) is 18.1 Å². The van der Waals surface area contributed by atoms with Gasteiger partial charge in [0.2, 0.25) is 5.88 Å². The van der Waals surface area contributed by atoms with Gasteiger partial charge in [-0.15, -0.1) is 0 Å². The summed E-state index contributed by atoms with van der Waals surface area (Å²) < 4.78 is 10.8. The van der Waals surface area contributed by atoms with E-state index in [0.717, 1.165) is 51.5 Å². The van der Waals surface area contributed by atoms with E-state index < -0.39 is 0 Å². The molecule has 1 atom stereocenters. The molecule has 6 nitrogen and oxygen atoms in total. The van der Waals surface area contributed by atoms with Crippen LogP contribution in [0.4, 0.5) is 0 Å². The number of ether oxygens (including phenoxy) is 2. The predicted octanol–water partition coefficient (Wildman–Crippen LogP) is 1.17. The molecule has 0 bridgehead atoms. The zero-order valence-electron chi connectivity index (χ0n) is 13.4. The van der Waals surface area contributed by atoms with Crippen molar-refractivity contribution in [2.75, 3.05) is 46.5 Å². The average molecular weight is 306 g/mol. The summed E-state index contributed by atoms with van der Waals surface area (Å²) in [5.41, 5.74) is 1.08. The normalized spacial score (nSPS) is 24.3. The second-order valence-electron chi connectivity index (χ2n) is 6.09. The Morgan fingerprint density at radius 2 is 2.14 bits per heavy atom. The number of morpholine rings is 1. The Kier molecular flexibility index (Phi) is 5.58. The molecule has 1 aromatic rings. The third-order valence-electron chi connectivity index (χ3n) is 4.64. The molecule has 2 aliphatic rings. The topological polar surface area (TPSA) is 50.7 Å². The molecule has 3 rings (SSSR count). The first-order valence-corrected chi connectivity index (χ1v) is 8.24. The molecule has 3 heterocycles. The fourth-order valence-electron chi connectivity index (χ4n) is 3.41. The quantitative estimate of drug-likeness (QED) is 0.814. The van der Waals surface area contributed by atoms with Gasteiger partial charge < -0.3 is 9.47 Å². The van der Waals surface area contributed by atoms with Crippen LogP contribution in [0.15, 0.2) is 12.5 Å². The van der Waals surface area contributed by atoms with Gasteiger partial charge in [-0.05, 0) is 19.4 Å². The molecule has 0 aliphatic carbocycles. The van der Waals surface area contributed by atoms with Gasteiger partial charge in [0.25, 0.3) is 0 Å². The Morgan fingerprint density at radius 1 is 1.27 bits per heavy atom. The largest absolute Gasteiger partial charge is 0.481 e. The Labute approximate surface area is 132 Å². The van der Waals surface area contributed by atoms with Crippen LogP contribution in [-0.2, 0) is 11.3 Å². The monoisotopic (exact) mass is 306 g/mol. The zero-order chi connectivity index (χ0) is 15.2. The second kappa shape index (κ2) is 7.85. The molecule has 1 aromatic heterocycles. The Bertz CT molecular complexity index is 465. The van der Waals surface area contributed by atoms with E-state index in [1.807, 2.05) is 6.20 Å². The van der Waals surface area contributed by atoms with Crippen molar-refractivity contribution in [1.29, 1.82) is 0 Å². The fraction of sp³-hybridized carbons (Fsp3) is 0.750. The molecule has 0 N–H and O–H groups in total. The third-order valence-corrected chi connectivity index (χ3v) is 4.64. The number of methoxy groups -OCH3 is 1. The van der Waals surface area contributed by atoms with E-state index in [1.54, 1.807) is 13.4 Å². The fourth-order valence-corrected chi connectivity index (χ4v) is 3.41. The van der Waals surface area contributed by atoms with E-state index >= 15 is 0 Å². The van der Waals surface area contributed by atoms with Crippen LogP contribution < -0.4 is 4.74 Å². The molecule has 2 fully saturated rings. The lowest BCUT2D eigenvalue weighted by Crippen LogP contribution is -2.49. The maximum atomic E-state index is 5.45. The Morgan fingerprint density at radius 3 is 2.95 bits per heavy atom. The third kappa shape index (κ3) is 3.94. The molecule has 22 heavy (non-hydrogen) atoms. The van der Waals surface area contributed by atoms with Gasteiger partial charge in [-0.1, -0.05) is 6.42 Å². The van der Waals surface area contributed by atoms with Gasteiger partial charge in [0.05, 0.1) is 20.3 Å². The number of hydrogen-bond acceptors (Lipinski definition) is 6. The first-order chi connectivity index (χ1) is 10.9. The summed E-state index contributed by atoms with van der Waals surface area (Å²) in [5.74, 6) is 0.700. The molecule has 122 valence electrons. The summed E-state index contributed by atoms with van der Waals surface area (Å²) >= 11 is 0. The molecule has 2 saturated heterocycles. The van der Waals surface area contributed by atoms with Crippen LogP contribution in [0, 0.1) is 0 Å². The van der Waals surface area contributed by atoms with Gasteiger partial charge in [-0.25, -0.2) is 9.97 Å². The maximum Gasteiger partial charge on any atom is 0.220 e. The van der Waals surface area contributed by atoms with Crippen molar-refractivity contribution >= 4 is 0 Å². The molecule has 0 amide bonds. The number of rotatable bonds is 5. The number of hydrogen-bond donors (Lipinski definition) is 0. The van der Waals surface area contributed by atoms with E-state index in [1.165, 1.54) is 19.3 Å². The average Bonchev–Trinajstić information content (AvgIpc) is 2.58. The summed E-state index contributed by atoms with van der Waals surface area (Å²) in [6, 6.07) is 0.608. The highest BCUT2D eigenvalue weighted by molar-refractivity contribution is 5.22. The van der Waals surface area contributed by atoms with Gasteiger partial charge in [0.1, 0.15) is 6.33 Å². The summed E-state index contributed by atoms with van der Waals surface area (Å²) in [4.78, 5) is 13.5. The first kappa shape index (κ1) is 15.6. The van der Waals surface area contributed by atoms with Crippen LogP contribution in [0.3, 0.4) is 0 Å². The summed E-state index contributed by atoms with van der Waals surface area (Å²) in [7, 11) is 1.67. The van der Waals surface area contributed by atoms with Crippen LogP contribution in [-0.4, -0.2) is 72.3 Å².